The number of carbonyl (C=O) groups is 5. The van der Waals surface area contributed by atoms with Gasteiger partial charge >= 0.3 is 11.9 Å². The van der Waals surface area contributed by atoms with E-state index in [9.17, 15) is 29.1 Å². The molecule has 0 saturated carbocycles. The fourth-order valence-electron chi connectivity index (χ4n) is 4.17. The van der Waals surface area contributed by atoms with Crippen LogP contribution in [-0.4, -0.2) is 81.3 Å². The molecule has 200 valence electrons. The number of benzene rings is 1. The van der Waals surface area contributed by atoms with E-state index in [-0.39, 0.29) is 24.5 Å². The molecule has 2 aromatic rings. The van der Waals surface area contributed by atoms with E-state index < -0.39 is 54.3 Å². The molecular weight excluding hydrogens is 502 g/mol. The zero-order chi connectivity index (χ0) is 26.9. The fourth-order valence-corrected chi connectivity index (χ4v) is 4.43. The molecule has 1 aromatic heterocycles. The minimum Gasteiger partial charge on any atom is -0.481 e. The van der Waals surface area contributed by atoms with Gasteiger partial charge in [0, 0.05) is 35.7 Å². The first-order valence-electron chi connectivity index (χ1n) is 11.9. The third-order valence-corrected chi connectivity index (χ3v) is 6.55. The molecule has 1 aliphatic rings. The third kappa shape index (κ3) is 7.70. The lowest BCUT2D eigenvalue weighted by Crippen LogP contribution is -2.58. The van der Waals surface area contributed by atoms with E-state index in [1.54, 1.807) is 6.20 Å². The first kappa shape index (κ1) is 28.0. The Bertz CT molecular complexity index is 1150. The molecule has 2 heterocycles. The molecule has 4 atom stereocenters. The molecule has 13 heteroatoms. The van der Waals surface area contributed by atoms with Gasteiger partial charge in [-0.25, -0.2) is 4.79 Å². The molecule has 3 amide bonds. The van der Waals surface area contributed by atoms with E-state index in [1.165, 1.54) is 0 Å². The number of aromatic amines is 1. The van der Waals surface area contributed by atoms with Crippen LogP contribution in [0.3, 0.4) is 0 Å². The van der Waals surface area contributed by atoms with Crippen molar-refractivity contribution in [3.63, 3.8) is 0 Å². The van der Waals surface area contributed by atoms with Crippen LogP contribution >= 0.6 is 12.6 Å². The highest BCUT2D eigenvalue weighted by atomic mass is 32.1. The van der Waals surface area contributed by atoms with E-state index >= 15 is 0 Å². The van der Waals surface area contributed by atoms with Crippen molar-refractivity contribution in [2.45, 2.75) is 56.3 Å². The molecule has 3 rings (SSSR count). The van der Waals surface area contributed by atoms with E-state index in [1.807, 2.05) is 24.3 Å². The number of rotatable bonds is 13. The van der Waals surface area contributed by atoms with Crippen molar-refractivity contribution in [3.05, 3.63) is 36.0 Å². The predicted octanol–water partition coefficient (Wildman–Crippen LogP) is -0.204. The molecule has 0 spiro atoms. The molecule has 0 aliphatic carbocycles. The topological polar surface area (TPSA) is 190 Å². The number of aliphatic carboxylic acids is 2. The number of aromatic nitrogens is 1. The van der Waals surface area contributed by atoms with Crippen LogP contribution in [0.1, 0.15) is 31.2 Å². The molecule has 0 bridgehead atoms. The van der Waals surface area contributed by atoms with Crippen LogP contribution in [0.2, 0.25) is 0 Å². The third-order valence-electron chi connectivity index (χ3n) is 6.19. The molecule has 12 nitrogen and oxygen atoms in total. The van der Waals surface area contributed by atoms with E-state index in [2.05, 4.69) is 38.9 Å². The Kier molecular flexibility index (Phi) is 9.92. The van der Waals surface area contributed by atoms with Crippen LogP contribution in [0.15, 0.2) is 30.5 Å². The predicted molar refractivity (Wildman–Crippen MR) is 137 cm³/mol. The lowest BCUT2D eigenvalue weighted by atomic mass is 10.0. The molecule has 1 aliphatic heterocycles. The molecule has 0 radical (unpaired) electrons. The minimum absolute atomic E-state index is 0.0181. The molecule has 7 N–H and O–H groups in total. The highest BCUT2D eigenvalue weighted by Crippen LogP contribution is 2.19. The molecule has 37 heavy (non-hydrogen) atoms. The van der Waals surface area contributed by atoms with Gasteiger partial charge in [-0.15, -0.1) is 0 Å². The van der Waals surface area contributed by atoms with Crippen molar-refractivity contribution in [3.8, 4) is 0 Å². The maximum atomic E-state index is 13.2. The summed E-state index contributed by atoms with van der Waals surface area (Å²) >= 11 is 4.18. The maximum Gasteiger partial charge on any atom is 0.326 e. The zero-order valence-electron chi connectivity index (χ0n) is 20.0. The van der Waals surface area contributed by atoms with Crippen molar-refractivity contribution in [2.75, 3.05) is 12.3 Å². The summed E-state index contributed by atoms with van der Waals surface area (Å²) in [5.74, 6) is -4.41. The highest BCUT2D eigenvalue weighted by Gasteiger charge is 2.31. The Balaban J connectivity index is 1.78. The van der Waals surface area contributed by atoms with Crippen LogP contribution in [0.5, 0.6) is 0 Å². The summed E-state index contributed by atoms with van der Waals surface area (Å²) in [7, 11) is 0. The number of nitrogens with one attached hydrogen (secondary N) is 5. The summed E-state index contributed by atoms with van der Waals surface area (Å²) in [4.78, 5) is 64.4. The number of carboxylic acids is 2. The van der Waals surface area contributed by atoms with Gasteiger partial charge in [0.2, 0.25) is 17.7 Å². The first-order valence-corrected chi connectivity index (χ1v) is 12.6. The van der Waals surface area contributed by atoms with Crippen molar-refractivity contribution >= 4 is 53.2 Å². The number of carbonyl (C=O) groups excluding carboxylic acids is 3. The largest absolute Gasteiger partial charge is 0.481 e. The maximum absolute atomic E-state index is 13.2. The Morgan fingerprint density at radius 1 is 1.00 bits per heavy atom. The van der Waals surface area contributed by atoms with Crippen LogP contribution in [0.4, 0.5) is 0 Å². The number of para-hydroxylation sites is 1. The van der Waals surface area contributed by atoms with Gasteiger partial charge in [-0.1, -0.05) is 18.2 Å². The van der Waals surface area contributed by atoms with Gasteiger partial charge in [0.25, 0.3) is 0 Å². The number of amides is 3. The normalized spacial score (nSPS) is 17.5. The second-order valence-corrected chi connectivity index (χ2v) is 9.21. The molecule has 4 unspecified atom stereocenters. The van der Waals surface area contributed by atoms with E-state index in [4.69, 9.17) is 5.11 Å². The number of hydrogen-bond donors (Lipinski definition) is 8. The van der Waals surface area contributed by atoms with Gasteiger partial charge in [0.05, 0.1) is 6.04 Å². The Morgan fingerprint density at radius 3 is 2.35 bits per heavy atom. The van der Waals surface area contributed by atoms with Gasteiger partial charge in [-0.05, 0) is 37.4 Å². The van der Waals surface area contributed by atoms with Gasteiger partial charge in [-0.3, -0.25) is 19.2 Å². The molecular formula is C24H31N5O7S. The van der Waals surface area contributed by atoms with Crippen molar-refractivity contribution in [2.24, 2.45) is 0 Å². The fraction of sp³-hybridized carbons (Fsp3) is 0.458. The Labute approximate surface area is 218 Å². The lowest BCUT2D eigenvalue weighted by molar-refractivity contribution is -0.143. The summed E-state index contributed by atoms with van der Waals surface area (Å²) in [5, 5.41) is 29.8. The van der Waals surface area contributed by atoms with Crippen LogP contribution in [0.25, 0.3) is 10.9 Å². The van der Waals surface area contributed by atoms with Crippen LogP contribution < -0.4 is 21.3 Å². The zero-order valence-corrected chi connectivity index (χ0v) is 20.9. The Morgan fingerprint density at radius 2 is 1.70 bits per heavy atom. The lowest BCUT2D eigenvalue weighted by Gasteiger charge is -2.24. The number of thiol groups is 1. The molecule has 1 saturated heterocycles. The Hall–Kier alpha value is -3.58. The monoisotopic (exact) mass is 533 g/mol. The van der Waals surface area contributed by atoms with Gasteiger partial charge in [0.1, 0.15) is 18.1 Å². The van der Waals surface area contributed by atoms with Gasteiger partial charge in [0.15, 0.2) is 0 Å². The van der Waals surface area contributed by atoms with E-state index in [0.29, 0.717) is 18.5 Å². The minimum atomic E-state index is -1.46. The average Bonchev–Trinajstić information content (AvgIpc) is 3.55. The standard InChI is InChI=1S/C24H31N5O7S/c30-20(31)8-7-17(24(35)36)27-22(33)18(10-13-11-26-15-5-2-1-4-14(13)15)28-23(34)19(12-37)29-21(32)16-6-3-9-25-16/h1-2,4-5,11,16-19,25-26,37H,3,6-10,12H2,(H,27,33)(H,28,34)(H,29,32)(H,30,31)(H,35,36). The molecule has 1 aromatic carbocycles. The number of fused-ring (bicyclic) bond motifs is 1. The smallest absolute Gasteiger partial charge is 0.326 e. The number of hydrogen-bond acceptors (Lipinski definition) is 7. The van der Waals surface area contributed by atoms with Crippen molar-refractivity contribution in [1.82, 2.24) is 26.3 Å². The van der Waals surface area contributed by atoms with Crippen LogP contribution in [-0.2, 0) is 30.4 Å². The van der Waals surface area contributed by atoms with Crippen LogP contribution in [0, 0.1) is 0 Å². The quantitative estimate of drug-likeness (QED) is 0.162. The van der Waals surface area contributed by atoms with Gasteiger partial charge in [-0.2, -0.15) is 12.6 Å². The van der Waals surface area contributed by atoms with Gasteiger partial charge < -0.3 is 36.5 Å². The van der Waals surface area contributed by atoms with Crippen molar-refractivity contribution in [1.29, 1.82) is 0 Å². The molecule has 1 fully saturated rings. The summed E-state index contributed by atoms with van der Waals surface area (Å²) in [6, 6.07) is 3.25. The summed E-state index contributed by atoms with van der Waals surface area (Å²) < 4.78 is 0. The summed E-state index contributed by atoms with van der Waals surface area (Å²) in [6.07, 6.45) is 2.41. The number of carboxylic acid groups (broad SMARTS) is 2. The summed E-state index contributed by atoms with van der Waals surface area (Å²) in [6.45, 7) is 0.704. The average molecular weight is 534 g/mol. The summed E-state index contributed by atoms with van der Waals surface area (Å²) in [5.41, 5.74) is 1.52. The van der Waals surface area contributed by atoms with Crippen molar-refractivity contribution < 1.29 is 34.2 Å². The second-order valence-electron chi connectivity index (χ2n) is 8.85. The highest BCUT2D eigenvalue weighted by molar-refractivity contribution is 7.80. The van der Waals surface area contributed by atoms with E-state index in [0.717, 1.165) is 17.3 Å². The number of H-pyrrole nitrogens is 1. The first-order chi connectivity index (χ1) is 17.7. The SMILES string of the molecule is O=C(O)CCC(NC(=O)C(Cc1c[nH]c2ccccc12)NC(=O)C(CS)NC(=O)C1CCCN1)C(=O)O. The second kappa shape index (κ2) is 13.1.